The van der Waals surface area contributed by atoms with Gasteiger partial charge in [0.25, 0.3) is 0 Å². The van der Waals surface area contributed by atoms with E-state index < -0.39 is 0 Å². The molecule has 0 aliphatic heterocycles. The summed E-state index contributed by atoms with van der Waals surface area (Å²) in [6.07, 6.45) is 0. The molecule has 1 aromatic rings. The fourth-order valence-corrected chi connectivity index (χ4v) is 1.10. The molecule has 0 aliphatic carbocycles. The number of amides is 1. The third-order valence-corrected chi connectivity index (χ3v) is 2.29. The van der Waals surface area contributed by atoms with Crippen molar-refractivity contribution in [1.82, 2.24) is 0 Å². The van der Waals surface area contributed by atoms with Crippen LogP contribution in [0.2, 0.25) is 0 Å². The van der Waals surface area contributed by atoms with Crippen LogP contribution in [0.5, 0.6) is 0 Å². The van der Waals surface area contributed by atoms with Gasteiger partial charge in [0.15, 0.2) is 0 Å². The van der Waals surface area contributed by atoms with Crippen LogP contribution in [-0.2, 0) is 4.79 Å². The number of halogens is 2. The lowest BCUT2D eigenvalue weighted by Crippen LogP contribution is -2.13. The summed E-state index contributed by atoms with van der Waals surface area (Å²) in [5.41, 5.74) is 1.40. The maximum atomic E-state index is 12.7. The number of nitrogens with one attached hydrogen (secondary N) is 1. The summed E-state index contributed by atoms with van der Waals surface area (Å²) < 4.78 is 13.1. The molecule has 0 heterocycles. The molecule has 0 fully saturated rings. The summed E-state index contributed by atoms with van der Waals surface area (Å²) in [6, 6.07) is 4.33. The number of anilines is 1. The Balaban J connectivity index is 2.87. The molecule has 0 aromatic heterocycles. The number of aryl methyl sites for hydroxylation is 1. The summed E-state index contributed by atoms with van der Waals surface area (Å²) in [5, 5.41) is 2.61. The number of hydrogen-bond acceptors (Lipinski definition) is 1. The van der Waals surface area contributed by atoms with Gasteiger partial charge in [-0.05, 0) is 24.6 Å². The molecule has 0 radical (unpaired) electrons. The van der Waals surface area contributed by atoms with Crippen molar-refractivity contribution in [2.24, 2.45) is 0 Å². The molecule has 0 saturated heterocycles. The minimum Gasteiger partial charge on any atom is -0.325 e. The van der Waals surface area contributed by atoms with Gasteiger partial charge >= 0.3 is 0 Å². The maximum absolute atomic E-state index is 12.7. The minimum atomic E-state index is -0.339. The number of rotatable bonds is 2. The van der Waals surface area contributed by atoms with Gasteiger partial charge in [0.05, 0.1) is 4.43 Å². The summed E-state index contributed by atoms with van der Waals surface area (Å²) >= 11 is 1.95. The first-order chi connectivity index (χ1) is 6.13. The number of hydrogen-bond donors (Lipinski definition) is 1. The molecule has 1 aromatic carbocycles. The highest BCUT2D eigenvalue weighted by Gasteiger charge is 2.03. The van der Waals surface area contributed by atoms with Crippen LogP contribution in [0.1, 0.15) is 5.56 Å². The summed E-state index contributed by atoms with van der Waals surface area (Å²) in [5.74, 6) is -0.455. The normalized spacial score (nSPS) is 9.77. The SMILES string of the molecule is Cc1ccc(F)cc1NC(=O)CI. The summed E-state index contributed by atoms with van der Waals surface area (Å²) in [7, 11) is 0. The van der Waals surface area contributed by atoms with E-state index in [1.807, 2.05) is 29.5 Å². The highest BCUT2D eigenvalue weighted by atomic mass is 127. The van der Waals surface area contributed by atoms with Gasteiger partial charge in [0.1, 0.15) is 5.82 Å². The highest BCUT2D eigenvalue weighted by Crippen LogP contribution is 2.15. The second-order valence-electron chi connectivity index (χ2n) is 2.64. The molecule has 0 unspecified atom stereocenters. The number of carbonyl (C=O) groups excluding carboxylic acids is 1. The van der Waals surface area contributed by atoms with Gasteiger partial charge in [-0.25, -0.2) is 4.39 Å². The Morgan fingerprint density at radius 3 is 2.92 bits per heavy atom. The van der Waals surface area contributed by atoms with Crippen molar-refractivity contribution in [3.63, 3.8) is 0 Å². The maximum Gasteiger partial charge on any atom is 0.234 e. The van der Waals surface area contributed by atoms with Gasteiger partial charge in [-0.2, -0.15) is 0 Å². The summed E-state index contributed by atoms with van der Waals surface area (Å²) in [4.78, 5) is 11.0. The van der Waals surface area contributed by atoms with E-state index >= 15 is 0 Å². The molecule has 70 valence electrons. The first-order valence-electron chi connectivity index (χ1n) is 3.75. The fraction of sp³-hybridized carbons (Fsp3) is 0.222. The van der Waals surface area contributed by atoms with Crippen molar-refractivity contribution >= 4 is 34.2 Å². The number of benzene rings is 1. The van der Waals surface area contributed by atoms with Crippen LogP contribution in [0, 0.1) is 12.7 Å². The van der Waals surface area contributed by atoms with Gasteiger partial charge in [0.2, 0.25) is 5.91 Å². The Hall–Kier alpha value is -0.650. The lowest BCUT2D eigenvalue weighted by molar-refractivity contribution is -0.113. The Kier molecular flexibility index (Phi) is 3.65. The van der Waals surface area contributed by atoms with Crippen LogP contribution in [0.3, 0.4) is 0 Å². The Morgan fingerprint density at radius 2 is 2.31 bits per heavy atom. The Labute approximate surface area is 89.7 Å². The zero-order chi connectivity index (χ0) is 9.84. The molecule has 13 heavy (non-hydrogen) atoms. The van der Waals surface area contributed by atoms with Crippen LogP contribution >= 0.6 is 22.6 Å². The van der Waals surface area contributed by atoms with E-state index in [0.717, 1.165) is 5.56 Å². The topological polar surface area (TPSA) is 29.1 Å². The molecule has 0 aliphatic rings. The van der Waals surface area contributed by atoms with Gasteiger partial charge < -0.3 is 5.32 Å². The fourth-order valence-electron chi connectivity index (χ4n) is 0.913. The van der Waals surface area contributed by atoms with E-state index in [1.54, 1.807) is 6.07 Å². The third kappa shape index (κ3) is 2.95. The van der Waals surface area contributed by atoms with Crippen LogP contribution in [0.25, 0.3) is 0 Å². The first kappa shape index (κ1) is 10.4. The molecule has 1 N–H and O–H groups in total. The Morgan fingerprint density at radius 1 is 1.62 bits per heavy atom. The molecule has 1 rings (SSSR count). The zero-order valence-electron chi connectivity index (χ0n) is 7.10. The van der Waals surface area contributed by atoms with E-state index in [2.05, 4.69) is 5.32 Å². The third-order valence-electron chi connectivity index (χ3n) is 1.60. The smallest absolute Gasteiger partial charge is 0.234 e. The van der Waals surface area contributed by atoms with Gasteiger partial charge in [-0.1, -0.05) is 28.7 Å². The van der Waals surface area contributed by atoms with Gasteiger partial charge in [0, 0.05) is 5.69 Å². The molecule has 0 atom stereocenters. The second-order valence-corrected chi connectivity index (χ2v) is 3.40. The predicted octanol–water partition coefficient (Wildman–Crippen LogP) is 2.51. The van der Waals surface area contributed by atoms with Crippen molar-refractivity contribution in [3.8, 4) is 0 Å². The van der Waals surface area contributed by atoms with Crippen molar-refractivity contribution in [2.75, 3.05) is 9.74 Å². The van der Waals surface area contributed by atoms with E-state index in [9.17, 15) is 9.18 Å². The van der Waals surface area contributed by atoms with E-state index in [0.29, 0.717) is 10.1 Å². The average molecular weight is 293 g/mol. The molecular formula is C9H9FINO. The molecule has 0 bridgehead atoms. The van der Waals surface area contributed by atoms with Crippen molar-refractivity contribution < 1.29 is 9.18 Å². The highest BCUT2D eigenvalue weighted by molar-refractivity contribution is 14.1. The van der Waals surface area contributed by atoms with E-state index in [1.165, 1.54) is 12.1 Å². The van der Waals surface area contributed by atoms with Gasteiger partial charge in [-0.15, -0.1) is 0 Å². The van der Waals surface area contributed by atoms with Crippen molar-refractivity contribution in [2.45, 2.75) is 6.92 Å². The van der Waals surface area contributed by atoms with Gasteiger partial charge in [-0.3, -0.25) is 4.79 Å². The monoisotopic (exact) mass is 293 g/mol. The standard InChI is InChI=1S/C9H9FINO/c1-6-2-3-7(10)4-8(6)12-9(13)5-11/h2-4H,5H2,1H3,(H,12,13). The van der Waals surface area contributed by atoms with Crippen molar-refractivity contribution in [3.05, 3.63) is 29.6 Å². The molecule has 2 nitrogen and oxygen atoms in total. The quantitative estimate of drug-likeness (QED) is 0.659. The zero-order valence-corrected chi connectivity index (χ0v) is 9.26. The van der Waals surface area contributed by atoms with E-state index in [-0.39, 0.29) is 11.7 Å². The average Bonchev–Trinajstić information content (AvgIpc) is 2.11. The van der Waals surface area contributed by atoms with Crippen LogP contribution in [0.4, 0.5) is 10.1 Å². The van der Waals surface area contributed by atoms with Crippen LogP contribution in [-0.4, -0.2) is 10.3 Å². The Bertz CT molecular complexity index is 327. The predicted molar refractivity (Wildman–Crippen MR) is 58.7 cm³/mol. The molecule has 1 amide bonds. The first-order valence-corrected chi connectivity index (χ1v) is 5.28. The van der Waals surface area contributed by atoms with E-state index in [4.69, 9.17) is 0 Å². The molecular weight excluding hydrogens is 284 g/mol. The molecule has 0 saturated carbocycles. The molecule has 4 heteroatoms. The van der Waals surface area contributed by atoms with Crippen LogP contribution in [0.15, 0.2) is 18.2 Å². The largest absolute Gasteiger partial charge is 0.325 e. The number of carbonyl (C=O) groups is 1. The minimum absolute atomic E-state index is 0.116. The lowest BCUT2D eigenvalue weighted by Gasteiger charge is -2.06. The van der Waals surface area contributed by atoms with Crippen molar-refractivity contribution in [1.29, 1.82) is 0 Å². The summed E-state index contributed by atoms with van der Waals surface area (Å²) in [6.45, 7) is 1.82. The second kappa shape index (κ2) is 4.55. The number of alkyl halides is 1. The molecule has 0 spiro atoms. The van der Waals surface area contributed by atoms with Crippen LogP contribution < -0.4 is 5.32 Å². The lowest BCUT2D eigenvalue weighted by atomic mass is 10.2.